The fourth-order valence-corrected chi connectivity index (χ4v) is 11.2. The van der Waals surface area contributed by atoms with E-state index < -0.39 is 0 Å². The molecule has 0 fully saturated rings. The minimum absolute atomic E-state index is 0.356. The van der Waals surface area contributed by atoms with E-state index in [0.717, 1.165) is 51.7 Å². The van der Waals surface area contributed by atoms with Gasteiger partial charge in [0.2, 0.25) is 0 Å². The zero-order valence-electron chi connectivity index (χ0n) is 25.7. The summed E-state index contributed by atoms with van der Waals surface area (Å²) in [6.07, 6.45) is 0. The van der Waals surface area contributed by atoms with E-state index in [0.29, 0.717) is 33.3 Å². The van der Waals surface area contributed by atoms with Gasteiger partial charge in [-0.25, -0.2) is 0 Å². The summed E-state index contributed by atoms with van der Waals surface area (Å²) >= 11 is 7.84. The summed E-state index contributed by atoms with van der Waals surface area (Å²) in [5.41, 5.74) is 8.13. The fraction of sp³-hybridized carbons (Fsp3) is 0.111. The number of benzene rings is 3. The van der Waals surface area contributed by atoms with Crippen molar-refractivity contribution in [2.24, 2.45) is 0 Å². The van der Waals surface area contributed by atoms with Gasteiger partial charge < -0.3 is 9.80 Å². The molecule has 6 nitrogen and oxygen atoms in total. The third-order valence-electron chi connectivity index (χ3n) is 8.18. The molecule has 0 spiro atoms. The van der Waals surface area contributed by atoms with Crippen molar-refractivity contribution in [3.63, 3.8) is 0 Å². The molecule has 0 radical (unpaired) electrons. The standard InChI is InChI=1S/C36H24N6S5/c1-41(2)21-9-5-19(6-10-21)25-13-27-29(43-25)15-31(45-27)33-23(17-37)24(18-38)34(36-35(33)39-47-40-36)32-16-30-28(46-32)14-26(44-30)20-7-11-22(12-8-20)42(3)4/h5-16H,1-4H3. The molecule has 0 unspecified atom stereocenters. The first-order valence-corrected chi connectivity index (χ1v) is 18.6. The molecule has 11 heteroatoms. The third-order valence-corrected chi connectivity index (χ3v) is 13.4. The molecule has 3 aromatic carbocycles. The summed E-state index contributed by atoms with van der Waals surface area (Å²) in [7, 11) is 8.16. The van der Waals surface area contributed by atoms with Crippen LogP contribution in [0.3, 0.4) is 0 Å². The Morgan fingerprint density at radius 3 is 1.19 bits per heavy atom. The molecule has 0 amide bonds. The van der Waals surface area contributed by atoms with Crippen LogP contribution < -0.4 is 9.80 Å². The van der Waals surface area contributed by atoms with Gasteiger partial charge in [-0.1, -0.05) is 24.3 Å². The second-order valence-electron chi connectivity index (χ2n) is 11.5. The molecule has 8 aromatic rings. The number of anilines is 2. The highest BCUT2D eigenvalue weighted by Gasteiger charge is 2.27. The minimum atomic E-state index is 0.356. The SMILES string of the molecule is CN(C)c1ccc(-c2cc3sc(-c4c(C#N)c(C#N)c(-c5cc6sc(-c7ccc(N(C)C)cc7)cc6s5)c5nsnc45)cc3s2)cc1. The van der Waals surface area contributed by atoms with E-state index >= 15 is 0 Å². The Hall–Kier alpha value is -4.62. The van der Waals surface area contributed by atoms with E-state index in [1.807, 2.05) is 28.2 Å². The lowest BCUT2D eigenvalue weighted by Gasteiger charge is -2.12. The number of hydrogen-bond acceptors (Lipinski definition) is 11. The third kappa shape index (κ3) is 4.99. The van der Waals surface area contributed by atoms with Gasteiger partial charge in [-0.05, 0) is 59.7 Å². The number of rotatable bonds is 6. The summed E-state index contributed by atoms with van der Waals surface area (Å²) in [5, 5.41) is 21.0. The summed E-state index contributed by atoms with van der Waals surface area (Å²) in [6, 6.07) is 30.6. The molecule has 0 saturated heterocycles. The molecule has 228 valence electrons. The second-order valence-corrected chi connectivity index (χ2v) is 16.3. The van der Waals surface area contributed by atoms with E-state index in [4.69, 9.17) is 8.75 Å². The first-order valence-electron chi connectivity index (χ1n) is 14.6. The van der Waals surface area contributed by atoms with E-state index in [1.54, 1.807) is 45.3 Å². The van der Waals surface area contributed by atoms with Gasteiger partial charge in [-0.15, -0.1) is 45.3 Å². The Labute approximate surface area is 291 Å². The first kappa shape index (κ1) is 29.8. The Bertz CT molecular complexity index is 2310. The maximum atomic E-state index is 10.5. The van der Waals surface area contributed by atoms with Crippen molar-refractivity contribution >= 4 is 98.3 Å². The van der Waals surface area contributed by atoms with Crippen LogP contribution in [0.1, 0.15) is 11.1 Å². The molecule has 0 aliphatic rings. The van der Waals surface area contributed by atoms with Crippen molar-refractivity contribution < 1.29 is 0 Å². The molecule has 0 saturated carbocycles. The van der Waals surface area contributed by atoms with Gasteiger partial charge in [-0.2, -0.15) is 19.3 Å². The molecule has 8 rings (SSSR count). The van der Waals surface area contributed by atoms with Crippen LogP contribution >= 0.6 is 57.1 Å². The zero-order valence-corrected chi connectivity index (χ0v) is 29.7. The van der Waals surface area contributed by atoms with Crippen LogP contribution in [0, 0.1) is 22.7 Å². The van der Waals surface area contributed by atoms with Gasteiger partial charge in [0.15, 0.2) is 0 Å². The molecule has 0 bridgehead atoms. The summed E-state index contributed by atoms with van der Waals surface area (Å²) in [6.45, 7) is 0. The Morgan fingerprint density at radius 2 is 0.851 bits per heavy atom. The van der Waals surface area contributed by atoms with Crippen molar-refractivity contribution in [3.05, 3.63) is 83.9 Å². The predicted octanol–water partition coefficient (Wildman–Crippen LogP) is 10.8. The van der Waals surface area contributed by atoms with E-state index in [2.05, 4.69) is 94.7 Å². The summed E-state index contributed by atoms with van der Waals surface area (Å²) < 4.78 is 14.0. The molecular formula is C36H24N6S5. The highest BCUT2D eigenvalue weighted by atomic mass is 32.1. The van der Waals surface area contributed by atoms with E-state index in [1.165, 1.54) is 20.9 Å². The highest BCUT2D eigenvalue weighted by Crippen LogP contribution is 2.49. The molecule has 47 heavy (non-hydrogen) atoms. The normalized spacial score (nSPS) is 11.4. The van der Waals surface area contributed by atoms with Gasteiger partial charge in [0, 0.05) is 89.0 Å². The van der Waals surface area contributed by atoms with Crippen LogP contribution in [-0.2, 0) is 0 Å². The van der Waals surface area contributed by atoms with Gasteiger partial charge in [-0.3, -0.25) is 0 Å². The number of thiophene rings is 4. The zero-order chi connectivity index (χ0) is 32.4. The van der Waals surface area contributed by atoms with Gasteiger partial charge in [0.1, 0.15) is 23.2 Å². The molecule has 5 heterocycles. The van der Waals surface area contributed by atoms with Crippen molar-refractivity contribution in [1.82, 2.24) is 8.75 Å². The number of nitriles is 2. The number of hydrogen-bond donors (Lipinski definition) is 0. The Balaban J connectivity index is 1.20. The molecule has 0 aliphatic carbocycles. The van der Waals surface area contributed by atoms with Gasteiger partial charge >= 0.3 is 0 Å². The largest absolute Gasteiger partial charge is 0.378 e. The van der Waals surface area contributed by atoms with Crippen LogP contribution in [-0.4, -0.2) is 36.9 Å². The summed E-state index contributed by atoms with van der Waals surface area (Å²) in [5.74, 6) is 0. The molecule has 0 aliphatic heterocycles. The number of nitrogens with zero attached hydrogens (tertiary/aromatic N) is 6. The second kappa shape index (κ2) is 11.6. The predicted molar refractivity (Wildman–Crippen MR) is 204 cm³/mol. The van der Waals surface area contributed by atoms with Crippen LogP contribution in [0.15, 0.2) is 72.8 Å². The average Bonchev–Trinajstić information content (AvgIpc) is 3.90. The summed E-state index contributed by atoms with van der Waals surface area (Å²) in [4.78, 5) is 8.43. The van der Waals surface area contributed by atoms with Crippen molar-refractivity contribution in [2.75, 3.05) is 38.0 Å². The quantitative estimate of drug-likeness (QED) is 0.172. The first-order chi connectivity index (χ1) is 22.8. The van der Waals surface area contributed by atoms with Crippen LogP contribution in [0.4, 0.5) is 11.4 Å². The average molecular weight is 701 g/mol. The Morgan fingerprint density at radius 1 is 0.511 bits per heavy atom. The fourth-order valence-electron chi connectivity index (χ4n) is 5.76. The minimum Gasteiger partial charge on any atom is -0.378 e. The maximum absolute atomic E-state index is 10.5. The number of fused-ring (bicyclic) bond motifs is 3. The Kier molecular flexibility index (Phi) is 7.32. The lowest BCUT2D eigenvalue weighted by molar-refractivity contribution is 1.13. The van der Waals surface area contributed by atoms with Crippen LogP contribution in [0.2, 0.25) is 0 Å². The van der Waals surface area contributed by atoms with Gasteiger partial charge in [0.25, 0.3) is 0 Å². The van der Waals surface area contributed by atoms with E-state index in [9.17, 15) is 10.5 Å². The highest BCUT2D eigenvalue weighted by molar-refractivity contribution is 7.31. The lowest BCUT2D eigenvalue weighted by atomic mass is 9.93. The van der Waals surface area contributed by atoms with Crippen molar-refractivity contribution in [3.8, 4) is 53.9 Å². The molecular weight excluding hydrogens is 677 g/mol. The molecule has 0 atom stereocenters. The van der Waals surface area contributed by atoms with Gasteiger partial charge in [0.05, 0.1) is 22.9 Å². The number of aromatic nitrogens is 2. The molecule has 5 aromatic heterocycles. The van der Waals surface area contributed by atoms with Crippen molar-refractivity contribution in [2.45, 2.75) is 0 Å². The smallest absolute Gasteiger partial charge is 0.115 e. The topological polar surface area (TPSA) is 79.8 Å². The van der Waals surface area contributed by atoms with E-state index in [-0.39, 0.29) is 0 Å². The van der Waals surface area contributed by atoms with Crippen LogP contribution in [0.25, 0.3) is 71.6 Å². The van der Waals surface area contributed by atoms with Crippen molar-refractivity contribution in [1.29, 1.82) is 10.5 Å². The lowest BCUT2D eigenvalue weighted by Crippen LogP contribution is -2.07. The maximum Gasteiger partial charge on any atom is 0.115 e. The monoisotopic (exact) mass is 700 g/mol. The van der Waals surface area contributed by atoms with Crippen LogP contribution in [0.5, 0.6) is 0 Å². The molecule has 0 N–H and O–H groups in total.